The number of likely N-dealkylation sites (tertiary alicyclic amines) is 1. The minimum Gasteiger partial charge on any atom is -0.340 e. The van der Waals surface area contributed by atoms with E-state index in [2.05, 4.69) is 21.7 Å². The molecule has 3 unspecified atom stereocenters. The summed E-state index contributed by atoms with van der Waals surface area (Å²) in [5.74, 6) is 1.44. The van der Waals surface area contributed by atoms with Crippen LogP contribution in [-0.4, -0.2) is 41.7 Å². The van der Waals surface area contributed by atoms with E-state index >= 15 is 0 Å². The molecule has 21 heavy (non-hydrogen) atoms. The van der Waals surface area contributed by atoms with Gasteiger partial charge < -0.3 is 10.2 Å². The Bertz CT molecular complexity index is 522. The van der Waals surface area contributed by atoms with Gasteiger partial charge in [-0.1, -0.05) is 0 Å². The number of aryl methyl sites for hydroxylation is 1. The van der Waals surface area contributed by atoms with Gasteiger partial charge in [-0.3, -0.25) is 4.79 Å². The zero-order chi connectivity index (χ0) is 13.5. The van der Waals surface area contributed by atoms with Gasteiger partial charge in [-0.05, 0) is 48.4 Å². The monoisotopic (exact) mass is 344 g/mol. The molecule has 3 atom stereocenters. The van der Waals surface area contributed by atoms with Crippen LogP contribution in [0.4, 0.5) is 0 Å². The summed E-state index contributed by atoms with van der Waals surface area (Å²) in [5, 5.41) is 5.85. The molecule has 6 heteroatoms. The van der Waals surface area contributed by atoms with E-state index in [1.807, 2.05) is 23.1 Å². The normalized spacial score (nSPS) is 31.2. The van der Waals surface area contributed by atoms with Gasteiger partial charge in [0.15, 0.2) is 0 Å². The van der Waals surface area contributed by atoms with Crippen molar-refractivity contribution in [2.24, 2.45) is 0 Å². The zero-order valence-electron chi connectivity index (χ0n) is 11.9. The van der Waals surface area contributed by atoms with Gasteiger partial charge in [-0.15, -0.1) is 35.5 Å². The molecule has 0 saturated carbocycles. The highest BCUT2D eigenvalue weighted by Gasteiger charge is 2.36. The van der Waals surface area contributed by atoms with Gasteiger partial charge in [0.2, 0.25) is 5.91 Å². The Kier molecular flexibility index (Phi) is 4.84. The number of carbonyl (C=O) groups is 1. The molecule has 1 amide bonds. The van der Waals surface area contributed by atoms with Crippen LogP contribution >= 0.6 is 35.5 Å². The highest BCUT2D eigenvalue weighted by Crippen LogP contribution is 2.40. The first kappa shape index (κ1) is 15.7. The number of fused-ring (bicyclic) bond motifs is 3. The van der Waals surface area contributed by atoms with E-state index in [0.29, 0.717) is 18.0 Å². The molecule has 0 radical (unpaired) electrons. The lowest BCUT2D eigenvalue weighted by molar-refractivity contribution is -0.131. The number of nitrogens with zero attached hydrogens (tertiary/aromatic N) is 1. The summed E-state index contributed by atoms with van der Waals surface area (Å²) in [5.41, 5.74) is 1.29. The van der Waals surface area contributed by atoms with Gasteiger partial charge in [0.1, 0.15) is 5.25 Å². The fraction of sp³-hybridized carbons (Fsp3) is 0.667. The molecule has 3 nitrogen and oxygen atoms in total. The van der Waals surface area contributed by atoms with E-state index in [9.17, 15) is 4.79 Å². The average molecular weight is 345 g/mol. The summed E-state index contributed by atoms with van der Waals surface area (Å²) in [7, 11) is 0. The van der Waals surface area contributed by atoms with E-state index in [4.69, 9.17) is 0 Å². The molecule has 1 aromatic heterocycles. The number of thiophene rings is 1. The van der Waals surface area contributed by atoms with Crippen molar-refractivity contribution >= 4 is 41.4 Å². The predicted octanol–water partition coefficient (Wildman–Crippen LogP) is 2.85. The third kappa shape index (κ3) is 2.98. The molecule has 3 aliphatic rings. The molecular weight excluding hydrogens is 324 g/mol. The van der Waals surface area contributed by atoms with Crippen molar-refractivity contribution < 1.29 is 4.79 Å². The minimum absolute atomic E-state index is 0. The fourth-order valence-electron chi connectivity index (χ4n) is 3.66. The van der Waals surface area contributed by atoms with Crippen LogP contribution in [0.1, 0.15) is 35.0 Å². The van der Waals surface area contributed by atoms with Crippen LogP contribution in [0.2, 0.25) is 0 Å². The zero-order valence-corrected chi connectivity index (χ0v) is 14.4. The maximum atomic E-state index is 12.9. The molecule has 0 aromatic carbocycles. The second-order valence-corrected chi connectivity index (χ2v) is 8.22. The van der Waals surface area contributed by atoms with Gasteiger partial charge in [0, 0.05) is 30.1 Å². The summed E-state index contributed by atoms with van der Waals surface area (Å²) in [6, 6.07) is 3.34. The van der Waals surface area contributed by atoms with Crippen LogP contribution in [-0.2, 0) is 11.2 Å². The van der Waals surface area contributed by atoms with Crippen molar-refractivity contribution in [1.29, 1.82) is 0 Å². The molecular formula is C15H21ClN2OS2. The van der Waals surface area contributed by atoms with Crippen molar-refractivity contribution in [3.8, 4) is 0 Å². The molecule has 116 valence electrons. The van der Waals surface area contributed by atoms with Gasteiger partial charge in [-0.2, -0.15) is 0 Å². The van der Waals surface area contributed by atoms with Crippen LogP contribution in [0.5, 0.6) is 0 Å². The van der Waals surface area contributed by atoms with Crippen molar-refractivity contribution in [1.82, 2.24) is 10.2 Å². The maximum absolute atomic E-state index is 12.9. The lowest BCUT2D eigenvalue weighted by atomic mass is 10.1. The van der Waals surface area contributed by atoms with Gasteiger partial charge >= 0.3 is 0 Å². The molecule has 1 aromatic rings. The van der Waals surface area contributed by atoms with Gasteiger partial charge in [-0.25, -0.2) is 0 Å². The number of hydrogen-bond donors (Lipinski definition) is 1. The summed E-state index contributed by atoms with van der Waals surface area (Å²) in [6.45, 7) is 1.84. The highest BCUT2D eigenvalue weighted by molar-refractivity contribution is 8.00. The molecule has 2 fully saturated rings. The van der Waals surface area contributed by atoms with Gasteiger partial charge in [0.25, 0.3) is 0 Å². The topological polar surface area (TPSA) is 32.3 Å². The lowest BCUT2D eigenvalue weighted by Gasteiger charge is -2.30. The first-order valence-corrected chi connectivity index (χ1v) is 9.47. The quantitative estimate of drug-likeness (QED) is 0.850. The Labute approximate surface area is 140 Å². The first-order valence-electron chi connectivity index (χ1n) is 7.54. The number of hydrogen-bond acceptors (Lipinski definition) is 4. The van der Waals surface area contributed by atoms with Crippen LogP contribution in [0.15, 0.2) is 11.4 Å². The number of rotatable bonds is 1. The Morgan fingerprint density at radius 3 is 3.05 bits per heavy atom. The standard InChI is InChI=1S/C15H20N2OS2.ClH/c18-15(14-12-4-7-19-13(12)5-8-20-14)17-6-3-10-1-2-11(9-17)16-10;/h4,7,10-11,14,16H,1-3,5-6,8-9H2;1H. The van der Waals surface area contributed by atoms with E-state index < -0.39 is 0 Å². The van der Waals surface area contributed by atoms with Crippen LogP contribution < -0.4 is 5.32 Å². The Balaban J connectivity index is 0.00000132. The molecule has 0 spiro atoms. The Morgan fingerprint density at radius 2 is 2.14 bits per heavy atom. The number of halogens is 1. The molecule has 3 aliphatic heterocycles. The van der Waals surface area contributed by atoms with Crippen LogP contribution in [0, 0.1) is 0 Å². The first-order chi connectivity index (χ1) is 9.81. The van der Waals surface area contributed by atoms with Crippen molar-refractivity contribution in [3.63, 3.8) is 0 Å². The smallest absolute Gasteiger partial charge is 0.240 e. The number of thioether (sulfide) groups is 1. The maximum Gasteiger partial charge on any atom is 0.240 e. The number of carbonyl (C=O) groups excluding carboxylic acids is 1. The summed E-state index contributed by atoms with van der Waals surface area (Å²) in [4.78, 5) is 16.5. The Hall–Kier alpha value is -0.230. The van der Waals surface area contributed by atoms with E-state index in [0.717, 1.165) is 31.7 Å². The van der Waals surface area contributed by atoms with Gasteiger partial charge in [0.05, 0.1) is 0 Å². The highest BCUT2D eigenvalue weighted by atomic mass is 35.5. The average Bonchev–Trinajstić information content (AvgIpc) is 3.04. The molecule has 4 rings (SSSR count). The van der Waals surface area contributed by atoms with Crippen LogP contribution in [0.3, 0.4) is 0 Å². The SMILES string of the molecule is Cl.O=C(C1SCCc2sccc21)N1CCC2CCC(C1)N2. The molecule has 4 heterocycles. The second-order valence-electron chi connectivity index (χ2n) is 6.01. The third-order valence-electron chi connectivity index (χ3n) is 4.74. The second kappa shape index (κ2) is 6.49. The largest absolute Gasteiger partial charge is 0.340 e. The summed E-state index contributed by atoms with van der Waals surface area (Å²) >= 11 is 3.65. The van der Waals surface area contributed by atoms with E-state index in [1.54, 1.807) is 0 Å². The fourth-order valence-corrected chi connectivity index (χ4v) is 6.03. The molecule has 2 saturated heterocycles. The van der Waals surface area contributed by atoms with Crippen molar-refractivity contribution in [2.75, 3.05) is 18.8 Å². The Morgan fingerprint density at radius 1 is 1.29 bits per heavy atom. The lowest BCUT2D eigenvalue weighted by Crippen LogP contribution is -2.41. The van der Waals surface area contributed by atoms with Crippen molar-refractivity contribution in [2.45, 2.75) is 43.0 Å². The third-order valence-corrected chi connectivity index (χ3v) is 6.96. The predicted molar refractivity (Wildman–Crippen MR) is 91.6 cm³/mol. The molecule has 0 aliphatic carbocycles. The van der Waals surface area contributed by atoms with Crippen LogP contribution in [0.25, 0.3) is 0 Å². The van der Waals surface area contributed by atoms with E-state index in [1.165, 1.54) is 23.3 Å². The minimum atomic E-state index is 0. The summed E-state index contributed by atoms with van der Waals surface area (Å²) in [6.07, 6.45) is 4.78. The summed E-state index contributed by atoms with van der Waals surface area (Å²) < 4.78 is 0. The molecule has 1 N–H and O–H groups in total. The number of nitrogens with one attached hydrogen (secondary N) is 1. The number of amides is 1. The van der Waals surface area contributed by atoms with Crippen molar-refractivity contribution in [3.05, 3.63) is 21.9 Å². The molecule has 2 bridgehead atoms. The van der Waals surface area contributed by atoms with E-state index in [-0.39, 0.29) is 17.7 Å².